The van der Waals surface area contributed by atoms with Gasteiger partial charge in [0.1, 0.15) is 5.82 Å². The van der Waals surface area contributed by atoms with Crippen molar-refractivity contribution < 1.29 is 4.79 Å². The van der Waals surface area contributed by atoms with Gasteiger partial charge in [0.15, 0.2) is 5.96 Å². The van der Waals surface area contributed by atoms with Crippen LogP contribution in [0.3, 0.4) is 0 Å². The summed E-state index contributed by atoms with van der Waals surface area (Å²) in [5, 5.41) is 6.15. The molecule has 140 valence electrons. The molecular weight excluding hydrogens is 328 g/mol. The third-order valence-corrected chi connectivity index (χ3v) is 5.16. The van der Waals surface area contributed by atoms with Gasteiger partial charge in [-0.2, -0.15) is 0 Å². The molecule has 1 aromatic heterocycles. The Morgan fingerprint density at radius 1 is 1.31 bits per heavy atom. The first kappa shape index (κ1) is 18.2. The molecule has 0 aliphatic carbocycles. The summed E-state index contributed by atoms with van der Waals surface area (Å²) in [6, 6.07) is 8.15. The second kappa shape index (κ2) is 8.21. The van der Waals surface area contributed by atoms with Crippen LogP contribution >= 0.6 is 0 Å². The van der Waals surface area contributed by atoms with E-state index in [0.717, 1.165) is 48.7 Å². The second-order valence-corrected chi connectivity index (χ2v) is 6.78. The Morgan fingerprint density at radius 2 is 2.04 bits per heavy atom. The van der Waals surface area contributed by atoms with Crippen molar-refractivity contribution in [2.45, 2.75) is 25.8 Å². The van der Waals surface area contributed by atoms with Crippen LogP contribution in [0, 0.1) is 5.92 Å². The summed E-state index contributed by atoms with van der Waals surface area (Å²) < 4.78 is 2.12. The van der Waals surface area contributed by atoms with Gasteiger partial charge in [0.2, 0.25) is 5.91 Å². The standard InChI is InChI=1S/C19H28N6O/c1-20-18(26)12-14-8-10-25(11-9-14)19(21-2)22-13-17-23-15-6-4-5-7-16(15)24(17)3/h4-7,14H,8-13H2,1-3H3,(H,20,26)(H,21,22). The fraction of sp³-hybridized carbons (Fsp3) is 0.526. The average molecular weight is 356 g/mol. The quantitative estimate of drug-likeness (QED) is 0.643. The molecule has 0 atom stereocenters. The number of likely N-dealkylation sites (tertiary alicyclic amines) is 1. The molecular formula is C19H28N6O. The molecule has 0 unspecified atom stereocenters. The third kappa shape index (κ3) is 3.98. The number of nitrogens with one attached hydrogen (secondary N) is 2. The van der Waals surface area contributed by atoms with Crippen LogP contribution in [0.2, 0.25) is 0 Å². The Hall–Kier alpha value is -2.57. The molecule has 0 radical (unpaired) electrons. The zero-order valence-electron chi connectivity index (χ0n) is 15.8. The van der Waals surface area contributed by atoms with E-state index in [2.05, 4.69) is 31.2 Å². The maximum Gasteiger partial charge on any atom is 0.220 e. The predicted octanol–water partition coefficient (Wildman–Crippen LogP) is 1.50. The summed E-state index contributed by atoms with van der Waals surface area (Å²) in [6.45, 7) is 2.48. The van der Waals surface area contributed by atoms with Gasteiger partial charge in [-0.1, -0.05) is 12.1 Å². The highest BCUT2D eigenvalue weighted by molar-refractivity contribution is 5.80. The number of nitrogens with zero attached hydrogens (tertiary/aromatic N) is 4. The third-order valence-electron chi connectivity index (χ3n) is 5.16. The number of aryl methyl sites for hydroxylation is 1. The highest BCUT2D eigenvalue weighted by Gasteiger charge is 2.23. The van der Waals surface area contributed by atoms with E-state index in [-0.39, 0.29) is 5.91 Å². The van der Waals surface area contributed by atoms with Crippen LogP contribution in [-0.4, -0.2) is 53.5 Å². The van der Waals surface area contributed by atoms with Crippen LogP contribution in [0.5, 0.6) is 0 Å². The summed E-state index contributed by atoms with van der Waals surface area (Å²) in [7, 11) is 5.55. The lowest BCUT2D eigenvalue weighted by molar-refractivity contribution is -0.121. The van der Waals surface area contributed by atoms with E-state index in [1.54, 1.807) is 7.05 Å². The van der Waals surface area contributed by atoms with Crippen molar-refractivity contribution in [1.82, 2.24) is 25.1 Å². The van der Waals surface area contributed by atoms with Gasteiger partial charge in [0.05, 0.1) is 17.6 Å². The first-order valence-corrected chi connectivity index (χ1v) is 9.19. The van der Waals surface area contributed by atoms with E-state index in [9.17, 15) is 4.79 Å². The van der Waals surface area contributed by atoms with Gasteiger partial charge in [-0.15, -0.1) is 0 Å². The summed E-state index contributed by atoms with van der Waals surface area (Å²) >= 11 is 0. The molecule has 0 spiro atoms. The Bertz CT molecular complexity index is 788. The number of hydrogen-bond acceptors (Lipinski definition) is 3. The largest absolute Gasteiger partial charge is 0.359 e. The van der Waals surface area contributed by atoms with E-state index < -0.39 is 0 Å². The van der Waals surface area contributed by atoms with Gasteiger partial charge in [0, 0.05) is 40.7 Å². The van der Waals surface area contributed by atoms with E-state index in [0.29, 0.717) is 18.9 Å². The molecule has 0 saturated carbocycles. The maximum atomic E-state index is 11.5. The molecule has 1 amide bonds. The average Bonchev–Trinajstić information content (AvgIpc) is 2.99. The number of aliphatic imine (C=N–C) groups is 1. The molecule has 26 heavy (non-hydrogen) atoms. The Kier molecular flexibility index (Phi) is 5.75. The van der Waals surface area contributed by atoms with Crippen molar-refractivity contribution in [3.63, 3.8) is 0 Å². The minimum Gasteiger partial charge on any atom is -0.359 e. The van der Waals surface area contributed by atoms with Crippen molar-refractivity contribution >= 4 is 22.9 Å². The summed E-state index contributed by atoms with van der Waals surface area (Å²) in [5.74, 6) is 2.48. The summed E-state index contributed by atoms with van der Waals surface area (Å²) in [4.78, 5) is 22.9. The summed E-state index contributed by atoms with van der Waals surface area (Å²) in [6.07, 6.45) is 2.65. The van der Waals surface area contributed by atoms with Crippen molar-refractivity contribution in [2.75, 3.05) is 27.2 Å². The first-order chi connectivity index (χ1) is 12.6. The Balaban J connectivity index is 1.57. The number of amides is 1. The zero-order valence-corrected chi connectivity index (χ0v) is 15.8. The SMILES string of the molecule is CN=C(NCc1nc2ccccc2n1C)N1CCC(CC(=O)NC)CC1. The number of benzene rings is 1. The van der Waals surface area contributed by atoms with E-state index in [4.69, 9.17) is 4.98 Å². The van der Waals surface area contributed by atoms with Crippen LogP contribution < -0.4 is 10.6 Å². The number of aromatic nitrogens is 2. The summed E-state index contributed by atoms with van der Waals surface area (Å²) in [5.41, 5.74) is 2.14. The molecule has 1 aliphatic rings. The van der Waals surface area contributed by atoms with Crippen LogP contribution in [0.1, 0.15) is 25.1 Å². The number of carbonyl (C=O) groups is 1. The first-order valence-electron chi connectivity index (χ1n) is 9.19. The molecule has 0 bridgehead atoms. The van der Waals surface area contributed by atoms with Crippen LogP contribution in [0.15, 0.2) is 29.3 Å². The molecule has 1 saturated heterocycles. The molecule has 2 heterocycles. The minimum atomic E-state index is 0.132. The molecule has 1 aliphatic heterocycles. The van der Waals surface area contributed by atoms with E-state index in [1.165, 1.54) is 0 Å². The van der Waals surface area contributed by atoms with Gasteiger partial charge < -0.3 is 20.1 Å². The van der Waals surface area contributed by atoms with Crippen LogP contribution in [0.25, 0.3) is 11.0 Å². The monoisotopic (exact) mass is 356 g/mol. The Labute approximate surface area is 154 Å². The second-order valence-electron chi connectivity index (χ2n) is 6.78. The van der Waals surface area contributed by atoms with Crippen molar-refractivity contribution in [3.8, 4) is 0 Å². The molecule has 1 aromatic carbocycles. The lowest BCUT2D eigenvalue weighted by Crippen LogP contribution is -2.46. The molecule has 7 nitrogen and oxygen atoms in total. The van der Waals surface area contributed by atoms with Gasteiger partial charge >= 0.3 is 0 Å². The number of fused-ring (bicyclic) bond motifs is 1. The van der Waals surface area contributed by atoms with E-state index >= 15 is 0 Å². The normalized spacial score (nSPS) is 16.1. The molecule has 3 rings (SSSR count). The van der Waals surface area contributed by atoms with Gasteiger partial charge in [0.25, 0.3) is 0 Å². The predicted molar refractivity (Wildman–Crippen MR) is 104 cm³/mol. The lowest BCUT2D eigenvalue weighted by atomic mass is 9.93. The zero-order chi connectivity index (χ0) is 18.5. The highest BCUT2D eigenvalue weighted by Crippen LogP contribution is 2.20. The van der Waals surface area contributed by atoms with Crippen LogP contribution in [-0.2, 0) is 18.4 Å². The molecule has 7 heteroatoms. The minimum absolute atomic E-state index is 0.132. The van der Waals surface area contributed by atoms with Gasteiger partial charge in [-0.05, 0) is 30.9 Å². The van der Waals surface area contributed by atoms with Crippen LogP contribution in [0.4, 0.5) is 0 Å². The number of carbonyl (C=O) groups excluding carboxylic acids is 1. The highest BCUT2D eigenvalue weighted by atomic mass is 16.1. The lowest BCUT2D eigenvalue weighted by Gasteiger charge is -2.34. The fourth-order valence-corrected chi connectivity index (χ4v) is 3.56. The smallest absolute Gasteiger partial charge is 0.220 e. The number of hydrogen-bond donors (Lipinski definition) is 2. The van der Waals surface area contributed by atoms with E-state index in [1.807, 2.05) is 32.3 Å². The number of imidazole rings is 1. The molecule has 2 aromatic rings. The fourth-order valence-electron chi connectivity index (χ4n) is 3.56. The number of piperidine rings is 1. The van der Waals surface area contributed by atoms with Crippen molar-refractivity contribution in [2.24, 2.45) is 18.0 Å². The molecule has 2 N–H and O–H groups in total. The maximum absolute atomic E-state index is 11.5. The Morgan fingerprint density at radius 3 is 2.69 bits per heavy atom. The number of guanidine groups is 1. The topological polar surface area (TPSA) is 74.5 Å². The van der Waals surface area contributed by atoms with Gasteiger partial charge in [-0.3, -0.25) is 9.79 Å². The number of rotatable bonds is 4. The van der Waals surface area contributed by atoms with Gasteiger partial charge in [-0.25, -0.2) is 4.98 Å². The van der Waals surface area contributed by atoms with Crippen molar-refractivity contribution in [3.05, 3.63) is 30.1 Å². The number of para-hydroxylation sites is 2. The van der Waals surface area contributed by atoms with Crippen molar-refractivity contribution in [1.29, 1.82) is 0 Å². The molecule has 1 fully saturated rings.